The topological polar surface area (TPSA) is 110 Å². The molecule has 1 aliphatic rings. The van der Waals surface area contributed by atoms with E-state index in [9.17, 15) is 9.59 Å². The number of hydrogen-bond acceptors (Lipinski definition) is 5. The summed E-state index contributed by atoms with van der Waals surface area (Å²) < 4.78 is 5.89. The first-order valence-corrected chi connectivity index (χ1v) is 10.9. The van der Waals surface area contributed by atoms with E-state index in [2.05, 4.69) is 29.1 Å². The van der Waals surface area contributed by atoms with Crippen LogP contribution in [0, 0.1) is 5.92 Å². The second-order valence-corrected chi connectivity index (χ2v) is 7.93. The molecule has 4 N–H and O–H groups in total. The van der Waals surface area contributed by atoms with Gasteiger partial charge >= 0.3 is 0 Å². The van der Waals surface area contributed by atoms with Gasteiger partial charge in [0, 0.05) is 30.6 Å². The van der Waals surface area contributed by atoms with E-state index in [0.29, 0.717) is 29.0 Å². The number of rotatable bonds is 10. The highest BCUT2D eigenvalue weighted by molar-refractivity contribution is 6.13. The minimum Gasteiger partial charge on any atom is -0.473 e. The Morgan fingerprint density at radius 1 is 1.30 bits per heavy atom. The number of carbonyl (C=O) groups is 2. The van der Waals surface area contributed by atoms with Crippen molar-refractivity contribution in [3.8, 4) is 5.75 Å². The van der Waals surface area contributed by atoms with Crippen molar-refractivity contribution in [1.29, 1.82) is 0 Å². The smallest absolute Gasteiger partial charge is 0.258 e. The van der Waals surface area contributed by atoms with E-state index < -0.39 is 6.23 Å². The Morgan fingerprint density at radius 2 is 2.10 bits per heavy atom. The summed E-state index contributed by atoms with van der Waals surface area (Å²) >= 11 is 0. The van der Waals surface area contributed by atoms with Crippen LogP contribution in [-0.2, 0) is 6.42 Å². The predicted molar refractivity (Wildman–Crippen MR) is 117 cm³/mol. The highest BCUT2D eigenvalue weighted by Gasteiger charge is 2.26. The SMILES string of the molecule is CCC(CC)CCCC(N)Oc1ccncc1NC(=O)c1c[nH]c2c1C(=O)CCC2. The van der Waals surface area contributed by atoms with Gasteiger partial charge in [-0.05, 0) is 31.6 Å². The molecule has 0 bridgehead atoms. The number of nitrogens with one attached hydrogen (secondary N) is 2. The summed E-state index contributed by atoms with van der Waals surface area (Å²) in [6.45, 7) is 4.43. The highest BCUT2D eigenvalue weighted by Crippen LogP contribution is 2.28. The van der Waals surface area contributed by atoms with Crippen molar-refractivity contribution >= 4 is 17.4 Å². The lowest BCUT2D eigenvalue weighted by atomic mass is 9.93. The molecular weight excluding hydrogens is 380 g/mol. The third-order valence-electron chi connectivity index (χ3n) is 5.88. The zero-order valence-corrected chi connectivity index (χ0v) is 17.9. The van der Waals surface area contributed by atoms with Crippen LogP contribution in [0.1, 0.15) is 85.2 Å². The van der Waals surface area contributed by atoms with E-state index >= 15 is 0 Å². The second-order valence-electron chi connectivity index (χ2n) is 7.93. The number of fused-ring (bicyclic) bond motifs is 1. The Hall–Kier alpha value is -2.67. The third kappa shape index (κ3) is 5.27. The van der Waals surface area contributed by atoms with Gasteiger partial charge in [-0.3, -0.25) is 20.3 Å². The van der Waals surface area contributed by atoms with E-state index in [1.54, 1.807) is 18.5 Å². The summed E-state index contributed by atoms with van der Waals surface area (Å²) in [4.78, 5) is 32.3. The van der Waals surface area contributed by atoms with Gasteiger partial charge in [-0.2, -0.15) is 0 Å². The van der Waals surface area contributed by atoms with Crippen LogP contribution in [-0.4, -0.2) is 27.9 Å². The van der Waals surface area contributed by atoms with E-state index in [1.165, 1.54) is 19.0 Å². The summed E-state index contributed by atoms with van der Waals surface area (Å²) in [6.07, 6.45) is 11.6. The van der Waals surface area contributed by atoms with Crippen LogP contribution < -0.4 is 15.8 Å². The average molecular weight is 413 g/mol. The molecular formula is C23H32N4O3. The maximum absolute atomic E-state index is 12.8. The normalized spacial score (nSPS) is 14.5. The third-order valence-corrected chi connectivity index (χ3v) is 5.88. The van der Waals surface area contributed by atoms with E-state index in [1.807, 2.05) is 0 Å². The van der Waals surface area contributed by atoms with Crippen molar-refractivity contribution < 1.29 is 14.3 Å². The number of amides is 1. The van der Waals surface area contributed by atoms with Gasteiger partial charge in [-0.1, -0.05) is 33.1 Å². The van der Waals surface area contributed by atoms with E-state index in [4.69, 9.17) is 10.5 Å². The number of Topliss-reactive ketones (excluding diaryl/α,β-unsaturated/α-hetero) is 1. The summed E-state index contributed by atoms with van der Waals surface area (Å²) in [5.74, 6) is 0.847. The van der Waals surface area contributed by atoms with Gasteiger partial charge in [0.15, 0.2) is 5.78 Å². The molecule has 2 aromatic heterocycles. The predicted octanol–water partition coefficient (Wildman–Crippen LogP) is 4.45. The van der Waals surface area contributed by atoms with Gasteiger partial charge in [0.2, 0.25) is 0 Å². The fraction of sp³-hybridized carbons (Fsp3) is 0.522. The molecule has 0 aliphatic heterocycles. The van der Waals surface area contributed by atoms with Crippen LogP contribution in [0.2, 0.25) is 0 Å². The lowest BCUT2D eigenvalue weighted by Crippen LogP contribution is -2.28. The number of carbonyl (C=O) groups excluding carboxylic acids is 2. The van der Waals surface area contributed by atoms with Gasteiger partial charge in [-0.15, -0.1) is 0 Å². The molecule has 0 fully saturated rings. The number of hydrogen-bond donors (Lipinski definition) is 3. The summed E-state index contributed by atoms with van der Waals surface area (Å²) in [7, 11) is 0. The van der Waals surface area contributed by atoms with Gasteiger partial charge in [0.05, 0.1) is 17.3 Å². The number of aromatic amines is 1. The monoisotopic (exact) mass is 412 g/mol. The fourth-order valence-electron chi connectivity index (χ4n) is 4.01. The standard InChI is InChI=1S/C23H32N4O3/c1-3-15(4-2)7-5-10-21(24)30-20-11-12-25-14-18(20)27-23(29)16-13-26-17-8-6-9-19(28)22(16)17/h11-15,21,26H,3-10,24H2,1-2H3,(H,27,29). The van der Waals surface area contributed by atoms with Gasteiger partial charge < -0.3 is 15.0 Å². The van der Waals surface area contributed by atoms with Crippen LogP contribution >= 0.6 is 0 Å². The molecule has 30 heavy (non-hydrogen) atoms. The Kier molecular flexibility index (Phi) is 7.63. The number of ether oxygens (including phenoxy) is 1. The zero-order valence-electron chi connectivity index (χ0n) is 17.9. The van der Waals surface area contributed by atoms with Crippen molar-refractivity contribution in [2.75, 3.05) is 5.32 Å². The molecule has 3 rings (SSSR count). The Morgan fingerprint density at radius 3 is 2.87 bits per heavy atom. The largest absolute Gasteiger partial charge is 0.473 e. The molecule has 7 heteroatoms. The number of ketones is 1. The van der Waals surface area contributed by atoms with Gasteiger partial charge in [0.25, 0.3) is 5.91 Å². The maximum Gasteiger partial charge on any atom is 0.258 e. The molecule has 0 radical (unpaired) electrons. The molecule has 1 unspecified atom stereocenters. The number of aromatic nitrogens is 2. The molecule has 0 spiro atoms. The molecule has 2 aromatic rings. The Labute approximate surface area is 177 Å². The fourth-order valence-corrected chi connectivity index (χ4v) is 4.01. The first-order valence-electron chi connectivity index (χ1n) is 10.9. The van der Waals surface area contributed by atoms with Gasteiger partial charge in [0.1, 0.15) is 17.7 Å². The quantitative estimate of drug-likeness (QED) is 0.499. The number of nitrogens with zero attached hydrogens (tertiary/aromatic N) is 1. The van der Waals surface area contributed by atoms with E-state index in [0.717, 1.165) is 43.7 Å². The lowest BCUT2D eigenvalue weighted by Gasteiger charge is -2.19. The first-order chi connectivity index (χ1) is 14.5. The van der Waals surface area contributed by atoms with Crippen LogP contribution in [0.25, 0.3) is 0 Å². The first kappa shape index (κ1) is 22.0. The van der Waals surface area contributed by atoms with Crippen LogP contribution in [0.3, 0.4) is 0 Å². The maximum atomic E-state index is 12.8. The number of H-pyrrole nitrogens is 1. The van der Waals surface area contributed by atoms with Crippen LogP contribution in [0.15, 0.2) is 24.7 Å². The van der Waals surface area contributed by atoms with Crippen LogP contribution in [0.4, 0.5) is 5.69 Å². The molecule has 7 nitrogen and oxygen atoms in total. The average Bonchev–Trinajstić information content (AvgIpc) is 3.18. The van der Waals surface area contributed by atoms with Crippen molar-refractivity contribution in [2.45, 2.75) is 71.4 Å². The van der Waals surface area contributed by atoms with Gasteiger partial charge in [-0.25, -0.2) is 0 Å². The number of nitrogens with two attached hydrogens (primary N) is 1. The second kappa shape index (κ2) is 10.4. The minimum absolute atomic E-state index is 0.00444. The lowest BCUT2D eigenvalue weighted by molar-refractivity contribution is 0.0956. The molecule has 0 aromatic carbocycles. The van der Waals surface area contributed by atoms with Crippen molar-refractivity contribution in [1.82, 2.24) is 9.97 Å². The van der Waals surface area contributed by atoms with Crippen molar-refractivity contribution in [3.05, 3.63) is 41.5 Å². The molecule has 1 aliphatic carbocycles. The molecule has 162 valence electrons. The molecule has 2 heterocycles. The number of pyridine rings is 1. The molecule has 1 amide bonds. The van der Waals surface area contributed by atoms with E-state index in [-0.39, 0.29) is 11.7 Å². The Balaban J connectivity index is 1.64. The summed E-state index contributed by atoms with van der Waals surface area (Å²) in [5, 5.41) is 2.83. The zero-order chi connectivity index (χ0) is 21.5. The summed E-state index contributed by atoms with van der Waals surface area (Å²) in [6, 6.07) is 1.69. The number of anilines is 1. The summed E-state index contributed by atoms with van der Waals surface area (Å²) in [5.41, 5.74) is 8.31. The van der Waals surface area contributed by atoms with Crippen LogP contribution in [0.5, 0.6) is 5.75 Å². The molecule has 0 saturated heterocycles. The van der Waals surface area contributed by atoms with Crippen molar-refractivity contribution in [2.24, 2.45) is 11.7 Å². The minimum atomic E-state index is -0.459. The Bertz CT molecular complexity index is 873. The van der Waals surface area contributed by atoms with Crippen molar-refractivity contribution in [3.63, 3.8) is 0 Å². The molecule has 1 atom stereocenters. The molecule has 0 saturated carbocycles. The number of aryl methyl sites for hydroxylation is 1. The highest BCUT2D eigenvalue weighted by atomic mass is 16.5.